The lowest BCUT2D eigenvalue weighted by Crippen LogP contribution is -2.46. The van der Waals surface area contributed by atoms with E-state index in [1.807, 2.05) is 23.1 Å². The van der Waals surface area contributed by atoms with Gasteiger partial charge in [-0.05, 0) is 37.1 Å². The summed E-state index contributed by atoms with van der Waals surface area (Å²) in [5, 5.41) is 2.95. The third-order valence-corrected chi connectivity index (χ3v) is 4.39. The second-order valence-electron chi connectivity index (χ2n) is 5.53. The van der Waals surface area contributed by atoms with Crippen molar-refractivity contribution >= 4 is 24.4 Å². The molecule has 1 saturated heterocycles. The molecule has 6 heteroatoms. The molecule has 0 spiro atoms. The van der Waals surface area contributed by atoms with Gasteiger partial charge >= 0.3 is 0 Å². The van der Waals surface area contributed by atoms with Gasteiger partial charge in [0.15, 0.2) is 5.76 Å². The Kier molecular flexibility index (Phi) is 4.71. The van der Waals surface area contributed by atoms with Crippen LogP contribution in [-0.4, -0.2) is 35.8 Å². The first-order valence-corrected chi connectivity index (χ1v) is 8.01. The molecule has 0 aliphatic carbocycles. The maximum Gasteiger partial charge on any atom is 0.287 e. The monoisotopic (exact) mass is 330 g/mol. The number of benzene rings is 1. The van der Waals surface area contributed by atoms with Gasteiger partial charge in [0.1, 0.15) is 0 Å². The number of hydrogen-bond acceptors (Lipinski definition) is 4. The Labute approximate surface area is 140 Å². The first-order valence-electron chi connectivity index (χ1n) is 7.57. The van der Waals surface area contributed by atoms with Gasteiger partial charge in [-0.3, -0.25) is 9.59 Å². The zero-order valence-corrected chi connectivity index (χ0v) is 13.5. The first-order chi connectivity index (χ1) is 11.1. The number of nitrogens with one attached hydrogen (secondary N) is 1. The predicted octanol–water partition coefficient (Wildman–Crippen LogP) is 2.60. The van der Waals surface area contributed by atoms with Gasteiger partial charge in [0.2, 0.25) is 0 Å². The lowest BCUT2D eigenvalue weighted by atomic mass is 10.0. The number of carbonyl (C=O) groups excluding carboxylic acids is 2. The van der Waals surface area contributed by atoms with Crippen LogP contribution in [0.25, 0.3) is 0 Å². The molecular formula is C17H18N2O3S. The maximum atomic E-state index is 12.5. The molecule has 120 valence electrons. The molecule has 1 aromatic heterocycles. The average Bonchev–Trinajstić information content (AvgIpc) is 3.10. The third kappa shape index (κ3) is 3.59. The lowest BCUT2D eigenvalue weighted by molar-refractivity contribution is 0.0692. The topological polar surface area (TPSA) is 62.6 Å². The van der Waals surface area contributed by atoms with Crippen LogP contribution in [0.5, 0.6) is 0 Å². The van der Waals surface area contributed by atoms with Crippen LogP contribution in [0, 0.1) is 0 Å². The summed E-state index contributed by atoms with van der Waals surface area (Å²) in [5.41, 5.74) is 0.619. The van der Waals surface area contributed by atoms with Crippen molar-refractivity contribution in [2.24, 2.45) is 0 Å². The largest absolute Gasteiger partial charge is 0.459 e. The summed E-state index contributed by atoms with van der Waals surface area (Å²) in [6.07, 6.45) is 2.94. The van der Waals surface area contributed by atoms with Crippen molar-refractivity contribution in [3.8, 4) is 0 Å². The van der Waals surface area contributed by atoms with E-state index in [2.05, 4.69) is 17.9 Å². The summed E-state index contributed by atoms with van der Waals surface area (Å²) in [6.45, 7) is 1.23. The number of furan rings is 1. The minimum absolute atomic E-state index is 0.00795. The highest BCUT2D eigenvalue weighted by atomic mass is 32.1. The fourth-order valence-corrected chi connectivity index (χ4v) is 2.97. The minimum Gasteiger partial charge on any atom is -0.459 e. The molecule has 0 atom stereocenters. The highest BCUT2D eigenvalue weighted by Gasteiger charge is 2.26. The number of likely N-dealkylation sites (tertiary alicyclic amines) is 1. The molecule has 2 amide bonds. The van der Waals surface area contributed by atoms with Crippen LogP contribution in [0.4, 0.5) is 0 Å². The number of thiol groups is 1. The van der Waals surface area contributed by atoms with Gasteiger partial charge in [0.25, 0.3) is 11.8 Å². The SMILES string of the molecule is O=C(NC1CCN(C(=O)c2ccccc2S)CC1)c1ccco1. The van der Waals surface area contributed by atoms with E-state index in [0.29, 0.717) is 29.3 Å². The number of rotatable bonds is 3. The zero-order valence-electron chi connectivity index (χ0n) is 12.6. The van der Waals surface area contributed by atoms with Gasteiger partial charge < -0.3 is 14.6 Å². The molecule has 0 bridgehead atoms. The smallest absolute Gasteiger partial charge is 0.287 e. The molecule has 3 rings (SSSR count). The number of amides is 2. The highest BCUT2D eigenvalue weighted by molar-refractivity contribution is 7.80. The van der Waals surface area contributed by atoms with Gasteiger partial charge in [-0.15, -0.1) is 12.6 Å². The van der Waals surface area contributed by atoms with E-state index >= 15 is 0 Å². The van der Waals surface area contributed by atoms with E-state index in [-0.39, 0.29) is 17.9 Å². The molecule has 0 radical (unpaired) electrons. The molecule has 0 saturated carbocycles. The molecule has 2 aromatic rings. The van der Waals surface area contributed by atoms with E-state index in [4.69, 9.17) is 4.42 Å². The summed E-state index contributed by atoms with van der Waals surface area (Å²) in [7, 11) is 0. The number of hydrogen-bond donors (Lipinski definition) is 2. The van der Waals surface area contributed by atoms with Crippen LogP contribution in [0.15, 0.2) is 52.0 Å². The van der Waals surface area contributed by atoms with Crippen molar-refractivity contribution in [3.05, 3.63) is 54.0 Å². The molecule has 23 heavy (non-hydrogen) atoms. The number of piperidine rings is 1. The highest BCUT2D eigenvalue weighted by Crippen LogP contribution is 2.19. The second-order valence-corrected chi connectivity index (χ2v) is 6.02. The van der Waals surface area contributed by atoms with Crippen molar-refractivity contribution in [3.63, 3.8) is 0 Å². The minimum atomic E-state index is -0.208. The summed E-state index contributed by atoms with van der Waals surface area (Å²) < 4.78 is 5.08. The zero-order chi connectivity index (χ0) is 16.2. The normalized spacial score (nSPS) is 15.4. The molecule has 1 aliphatic heterocycles. The standard InChI is InChI=1S/C17H18N2O3S/c20-16(14-5-3-11-22-14)18-12-7-9-19(10-8-12)17(21)13-4-1-2-6-15(13)23/h1-6,11-12,23H,7-10H2,(H,18,20). The van der Waals surface area contributed by atoms with Crippen LogP contribution in [0.1, 0.15) is 33.8 Å². The van der Waals surface area contributed by atoms with Gasteiger partial charge in [0, 0.05) is 24.0 Å². The summed E-state index contributed by atoms with van der Waals surface area (Å²) in [6, 6.07) is 10.7. The van der Waals surface area contributed by atoms with E-state index < -0.39 is 0 Å². The van der Waals surface area contributed by atoms with E-state index in [1.54, 1.807) is 18.2 Å². The Morgan fingerprint density at radius 1 is 1.13 bits per heavy atom. The molecule has 1 fully saturated rings. The Balaban J connectivity index is 1.55. The summed E-state index contributed by atoms with van der Waals surface area (Å²) >= 11 is 4.34. The Morgan fingerprint density at radius 3 is 2.52 bits per heavy atom. The van der Waals surface area contributed by atoms with Crippen molar-refractivity contribution in [2.45, 2.75) is 23.8 Å². The van der Waals surface area contributed by atoms with Crippen LogP contribution < -0.4 is 5.32 Å². The maximum absolute atomic E-state index is 12.5. The molecule has 1 aliphatic rings. The predicted molar refractivity (Wildman–Crippen MR) is 88.8 cm³/mol. The Bertz CT molecular complexity index is 692. The second kappa shape index (κ2) is 6.91. The van der Waals surface area contributed by atoms with Crippen molar-refractivity contribution < 1.29 is 14.0 Å². The quantitative estimate of drug-likeness (QED) is 0.851. The molecular weight excluding hydrogens is 312 g/mol. The van der Waals surface area contributed by atoms with Crippen molar-refractivity contribution in [2.75, 3.05) is 13.1 Å². The molecule has 2 heterocycles. The molecule has 5 nitrogen and oxygen atoms in total. The van der Waals surface area contributed by atoms with E-state index in [1.165, 1.54) is 6.26 Å². The lowest BCUT2D eigenvalue weighted by Gasteiger charge is -2.32. The fraction of sp³-hybridized carbons (Fsp3) is 0.294. The van der Waals surface area contributed by atoms with Gasteiger partial charge in [0.05, 0.1) is 11.8 Å². The Hall–Kier alpha value is -2.21. The Morgan fingerprint density at radius 2 is 1.87 bits per heavy atom. The van der Waals surface area contributed by atoms with Crippen molar-refractivity contribution in [1.82, 2.24) is 10.2 Å². The number of nitrogens with zero attached hydrogens (tertiary/aromatic N) is 1. The van der Waals surface area contributed by atoms with Crippen molar-refractivity contribution in [1.29, 1.82) is 0 Å². The third-order valence-electron chi connectivity index (χ3n) is 4.00. The van der Waals surface area contributed by atoms with E-state index in [0.717, 1.165) is 12.8 Å². The van der Waals surface area contributed by atoms with Crippen LogP contribution in [0.3, 0.4) is 0 Å². The average molecular weight is 330 g/mol. The molecule has 0 unspecified atom stereocenters. The molecule has 1 N–H and O–H groups in total. The fourth-order valence-electron chi connectivity index (χ4n) is 2.72. The number of carbonyl (C=O) groups is 2. The van der Waals surface area contributed by atoms with Crippen LogP contribution >= 0.6 is 12.6 Å². The summed E-state index contributed by atoms with van der Waals surface area (Å²) in [5.74, 6) is 0.0967. The van der Waals surface area contributed by atoms with Gasteiger partial charge in [-0.1, -0.05) is 12.1 Å². The summed E-state index contributed by atoms with van der Waals surface area (Å²) in [4.78, 5) is 27.0. The van der Waals surface area contributed by atoms with Crippen LogP contribution in [-0.2, 0) is 0 Å². The van der Waals surface area contributed by atoms with Crippen LogP contribution in [0.2, 0.25) is 0 Å². The molecule has 1 aromatic carbocycles. The van der Waals surface area contributed by atoms with E-state index in [9.17, 15) is 9.59 Å². The van der Waals surface area contributed by atoms with Gasteiger partial charge in [-0.2, -0.15) is 0 Å². The first kappa shape index (κ1) is 15.7. The van der Waals surface area contributed by atoms with Gasteiger partial charge in [-0.25, -0.2) is 0 Å².